The lowest BCUT2D eigenvalue weighted by Crippen LogP contribution is -2.30. The predicted molar refractivity (Wildman–Crippen MR) is 127 cm³/mol. The van der Waals surface area contributed by atoms with Crippen LogP contribution in [0.5, 0.6) is 17.2 Å². The van der Waals surface area contributed by atoms with Gasteiger partial charge in [0.15, 0.2) is 16.7 Å². The van der Waals surface area contributed by atoms with Crippen LogP contribution in [0, 0.1) is 0 Å². The predicted octanol–water partition coefficient (Wildman–Crippen LogP) is 5.38. The standard InChI is InChI=1S/C24H28N2O4S/c1-5-14-31-24-25-20(15-17-8-13-21(30-7-3)22(16-17)28-4)23(27)26(24)18-9-11-19(12-10-18)29-6-2/h8-13,15-16H,5-7,14H2,1-4H3. The third kappa shape index (κ3) is 5.41. The zero-order valence-corrected chi connectivity index (χ0v) is 19.2. The molecule has 0 N–H and O–H groups in total. The Balaban J connectivity index is 1.92. The molecule has 1 aliphatic heterocycles. The van der Waals surface area contributed by atoms with Crippen LogP contribution >= 0.6 is 11.8 Å². The topological polar surface area (TPSA) is 60.4 Å². The molecule has 0 spiro atoms. The molecular formula is C24H28N2O4S. The SMILES string of the molecule is CCCSC1=NC(=Cc2ccc(OCC)c(OC)c2)C(=O)N1c1ccc(OCC)cc1. The van der Waals surface area contributed by atoms with E-state index in [-0.39, 0.29) is 5.91 Å². The van der Waals surface area contributed by atoms with Gasteiger partial charge in [-0.05, 0) is 68.3 Å². The van der Waals surface area contributed by atoms with Crippen molar-refractivity contribution >= 4 is 34.6 Å². The van der Waals surface area contributed by atoms with Crippen LogP contribution in [0.25, 0.3) is 6.08 Å². The first-order chi connectivity index (χ1) is 15.1. The van der Waals surface area contributed by atoms with Crippen molar-refractivity contribution in [2.24, 2.45) is 4.99 Å². The summed E-state index contributed by atoms with van der Waals surface area (Å²) in [6.07, 6.45) is 2.77. The Morgan fingerprint density at radius 2 is 1.74 bits per heavy atom. The van der Waals surface area contributed by atoms with E-state index in [1.54, 1.807) is 29.8 Å². The van der Waals surface area contributed by atoms with Gasteiger partial charge in [0.05, 0.1) is 26.0 Å². The van der Waals surface area contributed by atoms with Crippen molar-refractivity contribution in [2.75, 3.05) is 31.0 Å². The van der Waals surface area contributed by atoms with Crippen LogP contribution in [0.3, 0.4) is 0 Å². The van der Waals surface area contributed by atoms with Crippen molar-refractivity contribution < 1.29 is 19.0 Å². The average Bonchev–Trinajstić information content (AvgIpc) is 3.09. The molecule has 0 fully saturated rings. The van der Waals surface area contributed by atoms with Crippen LogP contribution in [-0.4, -0.2) is 37.2 Å². The Morgan fingerprint density at radius 1 is 1.00 bits per heavy atom. The minimum absolute atomic E-state index is 0.157. The van der Waals surface area contributed by atoms with E-state index in [0.717, 1.165) is 29.2 Å². The molecule has 164 valence electrons. The molecule has 2 aromatic carbocycles. The summed E-state index contributed by atoms with van der Waals surface area (Å²) < 4.78 is 16.5. The zero-order chi connectivity index (χ0) is 22.2. The first-order valence-electron chi connectivity index (χ1n) is 10.4. The number of thioether (sulfide) groups is 1. The number of methoxy groups -OCH3 is 1. The Morgan fingerprint density at radius 3 is 2.39 bits per heavy atom. The fraction of sp³-hybridized carbons (Fsp3) is 0.333. The Bertz CT molecular complexity index is 970. The van der Waals surface area contributed by atoms with Gasteiger partial charge in [0, 0.05) is 5.75 Å². The maximum absolute atomic E-state index is 13.3. The van der Waals surface area contributed by atoms with Gasteiger partial charge in [-0.2, -0.15) is 0 Å². The number of carbonyl (C=O) groups is 1. The number of nitrogens with zero attached hydrogens (tertiary/aromatic N) is 2. The summed E-state index contributed by atoms with van der Waals surface area (Å²) in [6.45, 7) is 7.12. The Hall–Kier alpha value is -2.93. The van der Waals surface area contributed by atoms with E-state index in [4.69, 9.17) is 14.2 Å². The summed E-state index contributed by atoms with van der Waals surface area (Å²) in [7, 11) is 1.60. The molecule has 0 radical (unpaired) electrons. The van der Waals surface area contributed by atoms with Crippen molar-refractivity contribution in [3.05, 3.63) is 53.7 Å². The second-order valence-corrected chi connectivity index (χ2v) is 7.75. The maximum atomic E-state index is 13.3. The molecule has 0 saturated heterocycles. The quantitative estimate of drug-likeness (QED) is 0.490. The van der Waals surface area contributed by atoms with E-state index >= 15 is 0 Å². The van der Waals surface area contributed by atoms with E-state index < -0.39 is 0 Å². The summed E-state index contributed by atoms with van der Waals surface area (Å²) >= 11 is 1.57. The Kier molecular flexibility index (Phi) is 8.00. The lowest BCUT2D eigenvalue weighted by atomic mass is 10.1. The summed E-state index contributed by atoms with van der Waals surface area (Å²) in [5, 5.41) is 0.681. The number of benzene rings is 2. The van der Waals surface area contributed by atoms with Gasteiger partial charge in [0.25, 0.3) is 5.91 Å². The number of anilines is 1. The molecule has 6 nitrogen and oxygen atoms in total. The van der Waals surface area contributed by atoms with E-state index in [2.05, 4.69) is 11.9 Å². The van der Waals surface area contributed by atoms with Crippen molar-refractivity contribution in [1.82, 2.24) is 0 Å². The summed E-state index contributed by atoms with van der Waals surface area (Å²) in [6, 6.07) is 13.1. The van der Waals surface area contributed by atoms with E-state index in [1.807, 2.05) is 56.3 Å². The van der Waals surface area contributed by atoms with Gasteiger partial charge in [0.2, 0.25) is 0 Å². The smallest absolute Gasteiger partial charge is 0.283 e. The average molecular weight is 441 g/mol. The van der Waals surface area contributed by atoms with Gasteiger partial charge in [-0.25, -0.2) is 4.99 Å². The van der Waals surface area contributed by atoms with Crippen molar-refractivity contribution in [3.8, 4) is 17.2 Å². The molecule has 2 aromatic rings. The Labute approximate surface area is 187 Å². The van der Waals surface area contributed by atoms with Gasteiger partial charge < -0.3 is 14.2 Å². The van der Waals surface area contributed by atoms with Crippen molar-refractivity contribution in [1.29, 1.82) is 0 Å². The normalized spacial score (nSPS) is 14.7. The van der Waals surface area contributed by atoms with Crippen molar-refractivity contribution in [2.45, 2.75) is 27.2 Å². The molecule has 0 saturated carbocycles. The molecule has 1 amide bonds. The number of rotatable bonds is 9. The third-order valence-electron chi connectivity index (χ3n) is 4.46. The lowest BCUT2D eigenvalue weighted by molar-refractivity contribution is -0.113. The maximum Gasteiger partial charge on any atom is 0.283 e. The molecule has 0 aromatic heterocycles. The second-order valence-electron chi connectivity index (χ2n) is 6.68. The minimum Gasteiger partial charge on any atom is -0.494 e. The first kappa shape index (κ1) is 22.7. The number of hydrogen-bond donors (Lipinski definition) is 0. The van der Waals surface area contributed by atoms with Crippen LogP contribution in [0.4, 0.5) is 5.69 Å². The molecule has 1 aliphatic rings. The van der Waals surface area contributed by atoms with Gasteiger partial charge in [-0.1, -0.05) is 24.8 Å². The number of ether oxygens (including phenoxy) is 3. The molecule has 0 bridgehead atoms. The van der Waals surface area contributed by atoms with E-state index in [9.17, 15) is 4.79 Å². The molecule has 7 heteroatoms. The van der Waals surface area contributed by atoms with Crippen LogP contribution in [-0.2, 0) is 4.79 Å². The highest BCUT2D eigenvalue weighted by molar-refractivity contribution is 8.14. The molecule has 31 heavy (non-hydrogen) atoms. The molecule has 0 aliphatic carbocycles. The lowest BCUT2D eigenvalue weighted by Gasteiger charge is -2.18. The highest BCUT2D eigenvalue weighted by Crippen LogP contribution is 2.33. The summed E-state index contributed by atoms with van der Waals surface area (Å²) in [4.78, 5) is 19.6. The van der Waals surface area contributed by atoms with Crippen LogP contribution in [0.15, 0.2) is 53.2 Å². The molecule has 1 heterocycles. The zero-order valence-electron chi connectivity index (χ0n) is 18.4. The summed E-state index contributed by atoms with van der Waals surface area (Å²) in [5.74, 6) is 2.78. The number of amidine groups is 1. The minimum atomic E-state index is -0.157. The van der Waals surface area contributed by atoms with Gasteiger partial charge in [-0.3, -0.25) is 9.69 Å². The molecular weight excluding hydrogens is 412 g/mol. The largest absolute Gasteiger partial charge is 0.494 e. The molecule has 0 atom stereocenters. The van der Waals surface area contributed by atoms with Gasteiger partial charge in [0.1, 0.15) is 11.4 Å². The summed E-state index contributed by atoms with van der Waals surface area (Å²) in [5.41, 5.74) is 1.97. The van der Waals surface area contributed by atoms with Gasteiger partial charge >= 0.3 is 0 Å². The highest BCUT2D eigenvalue weighted by Gasteiger charge is 2.31. The highest BCUT2D eigenvalue weighted by atomic mass is 32.2. The van der Waals surface area contributed by atoms with Gasteiger partial charge in [-0.15, -0.1) is 0 Å². The van der Waals surface area contributed by atoms with Crippen LogP contribution in [0.2, 0.25) is 0 Å². The molecule has 0 unspecified atom stereocenters. The van der Waals surface area contributed by atoms with Crippen molar-refractivity contribution in [3.63, 3.8) is 0 Å². The number of carbonyl (C=O) groups excluding carboxylic acids is 1. The second kappa shape index (κ2) is 10.9. The molecule has 3 rings (SSSR count). The number of amides is 1. The van der Waals surface area contributed by atoms with Crippen LogP contribution in [0.1, 0.15) is 32.8 Å². The first-order valence-corrected chi connectivity index (χ1v) is 11.4. The van der Waals surface area contributed by atoms with Crippen LogP contribution < -0.4 is 19.1 Å². The monoisotopic (exact) mass is 440 g/mol. The number of aliphatic imine (C=N–C) groups is 1. The van der Waals surface area contributed by atoms with E-state index in [1.165, 1.54) is 0 Å². The fourth-order valence-electron chi connectivity index (χ4n) is 3.08. The van der Waals surface area contributed by atoms with E-state index in [0.29, 0.717) is 35.6 Å². The number of hydrogen-bond acceptors (Lipinski definition) is 6. The fourth-order valence-corrected chi connectivity index (χ4v) is 3.95. The third-order valence-corrected chi connectivity index (χ3v) is 5.61.